The molecule has 0 aliphatic heterocycles. The van der Waals surface area contributed by atoms with Crippen molar-refractivity contribution in [1.29, 1.82) is 0 Å². The molecule has 0 amide bonds. The first-order valence-electron chi connectivity index (χ1n) is 5.96. The highest BCUT2D eigenvalue weighted by atomic mass is 35.5. The third kappa shape index (κ3) is 2.61. The molecule has 0 spiro atoms. The molecule has 0 radical (unpaired) electrons. The van der Waals surface area contributed by atoms with E-state index < -0.39 is 10.0 Å². The molecule has 0 aliphatic rings. The minimum Gasteiger partial charge on any atom is -0.278 e. The fraction of sp³-hybridized carbons (Fsp3) is 0.167. The van der Waals surface area contributed by atoms with Crippen molar-refractivity contribution in [2.45, 2.75) is 18.9 Å². The molecule has 0 fully saturated rings. The molecule has 1 N–H and O–H groups in total. The van der Waals surface area contributed by atoms with Crippen LogP contribution in [0.3, 0.4) is 0 Å². The summed E-state index contributed by atoms with van der Waals surface area (Å²) in [5.41, 5.74) is 1.65. The lowest BCUT2D eigenvalue weighted by molar-refractivity contribution is 0.596. The number of pyridine rings is 1. The van der Waals surface area contributed by atoms with E-state index in [1.54, 1.807) is 24.6 Å². The van der Waals surface area contributed by atoms with Crippen LogP contribution in [0.4, 0.5) is 5.82 Å². The summed E-state index contributed by atoms with van der Waals surface area (Å²) in [5, 5.41) is 1.60. The third-order valence-electron chi connectivity index (χ3n) is 2.77. The Morgan fingerprint density at radius 3 is 2.76 bits per heavy atom. The molecule has 0 bridgehead atoms. The van der Waals surface area contributed by atoms with E-state index in [1.807, 2.05) is 13.0 Å². The first-order valence-corrected chi connectivity index (χ1v) is 8.70. The number of nitrogens with one attached hydrogen (secondary N) is 1. The Labute approximate surface area is 130 Å². The van der Waals surface area contributed by atoms with E-state index in [4.69, 9.17) is 11.6 Å². The summed E-state index contributed by atoms with van der Waals surface area (Å²) in [5.74, 6) is 0.258. The largest absolute Gasteiger partial charge is 0.282 e. The Kier molecular flexibility index (Phi) is 3.39. The van der Waals surface area contributed by atoms with Gasteiger partial charge in [-0.2, -0.15) is 8.42 Å². The summed E-state index contributed by atoms with van der Waals surface area (Å²) in [6.45, 7) is 3.67. The van der Waals surface area contributed by atoms with Crippen molar-refractivity contribution in [3.8, 4) is 0 Å². The number of nitrogens with zero attached hydrogens (tertiary/aromatic N) is 3. The molecule has 0 atom stereocenters. The maximum absolute atomic E-state index is 12.5. The van der Waals surface area contributed by atoms with Crippen molar-refractivity contribution in [2.75, 3.05) is 4.72 Å². The molecule has 0 aromatic carbocycles. The number of fused-ring (bicyclic) bond motifs is 1. The number of halogens is 1. The van der Waals surface area contributed by atoms with Crippen LogP contribution < -0.4 is 4.72 Å². The van der Waals surface area contributed by atoms with Crippen LogP contribution in [-0.4, -0.2) is 22.8 Å². The second-order valence-corrected chi connectivity index (χ2v) is 7.37. The van der Waals surface area contributed by atoms with Crippen molar-refractivity contribution in [2.24, 2.45) is 0 Å². The van der Waals surface area contributed by atoms with Gasteiger partial charge in [0.15, 0.2) is 15.1 Å². The third-order valence-corrected chi connectivity index (χ3v) is 5.28. The van der Waals surface area contributed by atoms with Gasteiger partial charge in [-0.15, -0.1) is 11.3 Å². The van der Waals surface area contributed by atoms with Gasteiger partial charge in [-0.25, -0.2) is 9.97 Å². The summed E-state index contributed by atoms with van der Waals surface area (Å²) in [6.07, 6.45) is 1.61. The van der Waals surface area contributed by atoms with Gasteiger partial charge in [0.1, 0.15) is 5.82 Å². The van der Waals surface area contributed by atoms with Crippen molar-refractivity contribution in [3.63, 3.8) is 0 Å². The van der Waals surface area contributed by atoms with E-state index >= 15 is 0 Å². The first kappa shape index (κ1) is 14.3. The number of thiazole rings is 1. The van der Waals surface area contributed by atoms with E-state index in [9.17, 15) is 8.42 Å². The Morgan fingerprint density at radius 2 is 2.05 bits per heavy atom. The summed E-state index contributed by atoms with van der Waals surface area (Å²) in [7, 11) is -3.87. The molecular weight excluding hydrogens is 332 g/mol. The van der Waals surface area contributed by atoms with Crippen molar-refractivity contribution in [1.82, 2.24) is 14.4 Å². The van der Waals surface area contributed by atoms with Crippen LogP contribution in [0, 0.1) is 13.8 Å². The molecule has 6 nitrogen and oxygen atoms in total. The fourth-order valence-corrected chi connectivity index (χ4v) is 4.51. The highest BCUT2D eigenvalue weighted by molar-refractivity contribution is 7.92. The van der Waals surface area contributed by atoms with Crippen molar-refractivity contribution in [3.05, 3.63) is 40.1 Å². The minimum atomic E-state index is -3.87. The molecule has 21 heavy (non-hydrogen) atoms. The molecule has 0 saturated carbocycles. The van der Waals surface area contributed by atoms with Crippen LogP contribution in [0.25, 0.3) is 4.96 Å². The summed E-state index contributed by atoms with van der Waals surface area (Å²) in [6, 6.07) is 3.52. The highest BCUT2D eigenvalue weighted by Crippen LogP contribution is 2.26. The lowest BCUT2D eigenvalue weighted by Crippen LogP contribution is -2.16. The molecule has 0 aliphatic carbocycles. The standard InChI is InChI=1S/C12H11ClN4O2S2/c1-7-5-8(2)14-9(6-7)16-21(18,19)11-10(13)15-12-17(11)3-4-20-12/h3-6H,1-2H3,(H,14,16). The average Bonchev–Trinajstić information content (AvgIpc) is 2.85. The van der Waals surface area contributed by atoms with Gasteiger partial charge in [0.05, 0.1) is 0 Å². The van der Waals surface area contributed by atoms with Crippen LogP contribution in [0.15, 0.2) is 28.7 Å². The monoisotopic (exact) mass is 342 g/mol. The molecule has 3 aromatic rings. The van der Waals surface area contributed by atoms with E-state index in [2.05, 4.69) is 14.7 Å². The van der Waals surface area contributed by atoms with Crippen LogP contribution in [0.1, 0.15) is 11.3 Å². The van der Waals surface area contributed by atoms with Gasteiger partial charge in [-0.05, 0) is 31.5 Å². The Hall–Kier alpha value is -1.64. The number of hydrogen-bond acceptors (Lipinski definition) is 5. The van der Waals surface area contributed by atoms with E-state index in [-0.39, 0.29) is 16.0 Å². The summed E-state index contributed by atoms with van der Waals surface area (Å²) < 4.78 is 28.9. The van der Waals surface area contributed by atoms with E-state index in [1.165, 1.54) is 15.7 Å². The number of sulfonamides is 1. The Balaban J connectivity index is 2.08. The SMILES string of the molecule is Cc1cc(C)nc(NS(=O)(=O)c2c(Cl)nc3sccn23)c1. The highest BCUT2D eigenvalue weighted by Gasteiger charge is 2.25. The van der Waals surface area contributed by atoms with Gasteiger partial charge in [-0.3, -0.25) is 9.12 Å². The average molecular weight is 343 g/mol. The van der Waals surface area contributed by atoms with Gasteiger partial charge in [0, 0.05) is 17.3 Å². The number of anilines is 1. The fourth-order valence-electron chi connectivity index (χ4n) is 2.06. The zero-order valence-corrected chi connectivity index (χ0v) is 13.6. The number of rotatable bonds is 3. The molecule has 9 heteroatoms. The molecule has 0 unspecified atom stereocenters. The quantitative estimate of drug-likeness (QED) is 0.794. The zero-order chi connectivity index (χ0) is 15.2. The van der Waals surface area contributed by atoms with Crippen molar-refractivity contribution >= 4 is 43.7 Å². The van der Waals surface area contributed by atoms with Crippen LogP contribution in [0.2, 0.25) is 5.15 Å². The number of imidazole rings is 1. The molecule has 110 valence electrons. The molecule has 3 rings (SSSR count). The normalized spacial score (nSPS) is 12.0. The smallest absolute Gasteiger partial charge is 0.278 e. The number of hydrogen-bond donors (Lipinski definition) is 1. The number of aromatic nitrogens is 3. The predicted octanol–water partition coefficient (Wildman–Crippen LogP) is 2.86. The van der Waals surface area contributed by atoms with Crippen LogP contribution >= 0.6 is 22.9 Å². The topological polar surface area (TPSA) is 76.4 Å². The minimum absolute atomic E-state index is 0.0567. The van der Waals surface area contributed by atoms with Gasteiger partial charge in [-0.1, -0.05) is 11.6 Å². The van der Waals surface area contributed by atoms with E-state index in [0.717, 1.165) is 11.3 Å². The van der Waals surface area contributed by atoms with Gasteiger partial charge < -0.3 is 0 Å². The molecule has 0 saturated heterocycles. The van der Waals surface area contributed by atoms with Gasteiger partial charge in [0.25, 0.3) is 10.0 Å². The van der Waals surface area contributed by atoms with Crippen molar-refractivity contribution < 1.29 is 8.42 Å². The lowest BCUT2D eigenvalue weighted by Gasteiger charge is -2.08. The predicted molar refractivity (Wildman–Crippen MR) is 82.6 cm³/mol. The molecule has 3 heterocycles. The number of aryl methyl sites for hydroxylation is 2. The first-order chi connectivity index (χ1) is 9.87. The Bertz CT molecular complexity index is 910. The second-order valence-electron chi connectivity index (χ2n) is 4.54. The zero-order valence-electron chi connectivity index (χ0n) is 11.2. The maximum Gasteiger partial charge on any atom is 0.282 e. The van der Waals surface area contributed by atoms with Crippen LogP contribution in [-0.2, 0) is 10.0 Å². The van der Waals surface area contributed by atoms with Crippen LogP contribution in [0.5, 0.6) is 0 Å². The summed E-state index contributed by atoms with van der Waals surface area (Å²) in [4.78, 5) is 8.71. The lowest BCUT2D eigenvalue weighted by atomic mass is 10.2. The van der Waals surface area contributed by atoms with Gasteiger partial charge >= 0.3 is 0 Å². The Morgan fingerprint density at radius 1 is 1.29 bits per heavy atom. The summed E-state index contributed by atoms with van der Waals surface area (Å²) >= 11 is 7.27. The second kappa shape index (κ2) is 4.97. The maximum atomic E-state index is 12.5. The molecule has 3 aromatic heterocycles. The van der Waals surface area contributed by atoms with E-state index in [0.29, 0.717) is 4.96 Å². The van der Waals surface area contributed by atoms with Gasteiger partial charge in [0.2, 0.25) is 0 Å². The molecular formula is C12H11ClN4O2S2.